The van der Waals surface area contributed by atoms with Crippen LogP contribution < -0.4 is 0 Å². The highest BCUT2D eigenvalue weighted by atomic mass is 16.1. The molecule has 0 rings (SSSR count). The number of allylic oxidation sites excluding steroid dienone is 2. The van der Waals surface area contributed by atoms with Crippen LogP contribution in [0.15, 0.2) is 11.6 Å². The maximum absolute atomic E-state index is 10.3. The van der Waals surface area contributed by atoms with Crippen molar-refractivity contribution < 1.29 is 4.79 Å². The molecule has 0 bridgehead atoms. The van der Waals surface area contributed by atoms with Crippen molar-refractivity contribution in [1.29, 1.82) is 0 Å². The number of hydrogen-bond acceptors (Lipinski definition) is 1. The van der Waals surface area contributed by atoms with Gasteiger partial charge in [-0.15, -0.1) is 0 Å². The Bertz CT molecular complexity index is 154. The van der Waals surface area contributed by atoms with Gasteiger partial charge in [-0.2, -0.15) is 0 Å². The number of hydrogen-bond donors (Lipinski definition) is 0. The van der Waals surface area contributed by atoms with Crippen LogP contribution in [0.3, 0.4) is 0 Å². The predicted octanol–water partition coefficient (Wildman–Crippen LogP) is 3.20. The molecule has 12 heavy (non-hydrogen) atoms. The zero-order valence-corrected chi connectivity index (χ0v) is 8.63. The molecule has 0 saturated carbocycles. The average molecular weight is 168 g/mol. The van der Waals surface area contributed by atoms with Gasteiger partial charge >= 0.3 is 0 Å². The van der Waals surface area contributed by atoms with Crippen LogP contribution in [0.4, 0.5) is 0 Å². The second-order valence-corrected chi connectivity index (χ2v) is 4.04. The Morgan fingerprint density at radius 1 is 1.25 bits per heavy atom. The van der Waals surface area contributed by atoms with E-state index in [1.807, 2.05) is 0 Å². The fraction of sp³-hybridized carbons (Fsp3) is 0.727. The summed E-state index contributed by atoms with van der Waals surface area (Å²) in [6.07, 6.45) is 4.86. The zero-order valence-electron chi connectivity index (χ0n) is 8.63. The second kappa shape index (κ2) is 5.99. The number of rotatable bonds is 5. The van der Waals surface area contributed by atoms with Gasteiger partial charge in [0.25, 0.3) is 0 Å². The SMILES string of the molecule is CC(C)/C=C(/CC=O)CC(C)C. The normalized spacial score (nSPS) is 12.7. The fourth-order valence-electron chi connectivity index (χ4n) is 1.32. The molecule has 0 heterocycles. The quantitative estimate of drug-likeness (QED) is 0.455. The molecule has 0 unspecified atom stereocenters. The molecular formula is C11H20O. The summed E-state index contributed by atoms with van der Waals surface area (Å²) in [6, 6.07) is 0. The maximum Gasteiger partial charge on any atom is 0.124 e. The molecule has 0 atom stereocenters. The highest BCUT2D eigenvalue weighted by molar-refractivity contribution is 5.54. The van der Waals surface area contributed by atoms with Gasteiger partial charge in [0, 0.05) is 6.42 Å². The number of aldehydes is 1. The van der Waals surface area contributed by atoms with Crippen LogP contribution in [-0.4, -0.2) is 6.29 Å². The molecule has 0 N–H and O–H groups in total. The van der Waals surface area contributed by atoms with Crippen molar-refractivity contribution in [2.45, 2.75) is 40.5 Å². The summed E-state index contributed by atoms with van der Waals surface area (Å²) in [4.78, 5) is 10.3. The van der Waals surface area contributed by atoms with E-state index in [0.29, 0.717) is 18.3 Å². The third kappa shape index (κ3) is 6.14. The molecule has 0 aliphatic carbocycles. The molecule has 0 aromatic carbocycles. The van der Waals surface area contributed by atoms with E-state index < -0.39 is 0 Å². The Balaban J connectivity index is 4.11. The number of carbonyl (C=O) groups is 1. The van der Waals surface area contributed by atoms with E-state index in [4.69, 9.17) is 0 Å². The lowest BCUT2D eigenvalue weighted by Crippen LogP contribution is -1.95. The minimum Gasteiger partial charge on any atom is -0.303 e. The lowest BCUT2D eigenvalue weighted by molar-refractivity contribution is -0.107. The Labute approximate surface area is 75.9 Å². The monoisotopic (exact) mass is 168 g/mol. The topological polar surface area (TPSA) is 17.1 Å². The smallest absolute Gasteiger partial charge is 0.124 e. The van der Waals surface area contributed by atoms with Gasteiger partial charge in [-0.1, -0.05) is 39.3 Å². The molecule has 1 nitrogen and oxygen atoms in total. The maximum atomic E-state index is 10.3. The van der Waals surface area contributed by atoms with Crippen molar-refractivity contribution in [3.05, 3.63) is 11.6 Å². The van der Waals surface area contributed by atoms with Crippen molar-refractivity contribution in [3.63, 3.8) is 0 Å². The van der Waals surface area contributed by atoms with Crippen LogP contribution in [0.25, 0.3) is 0 Å². The van der Waals surface area contributed by atoms with Crippen molar-refractivity contribution in [1.82, 2.24) is 0 Å². The van der Waals surface area contributed by atoms with Gasteiger partial charge in [-0.3, -0.25) is 0 Å². The average Bonchev–Trinajstić information content (AvgIpc) is 1.84. The second-order valence-electron chi connectivity index (χ2n) is 4.04. The van der Waals surface area contributed by atoms with Gasteiger partial charge in [0.15, 0.2) is 0 Å². The molecule has 0 fully saturated rings. The van der Waals surface area contributed by atoms with Crippen LogP contribution >= 0.6 is 0 Å². The molecule has 70 valence electrons. The van der Waals surface area contributed by atoms with E-state index in [2.05, 4.69) is 33.8 Å². The molecule has 0 aliphatic rings. The van der Waals surface area contributed by atoms with E-state index in [1.165, 1.54) is 5.57 Å². The van der Waals surface area contributed by atoms with Gasteiger partial charge in [0.2, 0.25) is 0 Å². The summed E-state index contributed by atoms with van der Waals surface area (Å²) in [5.41, 5.74) is 1.29. The third-order valence-electron chi connectivity index (χ3n) is 1.58. The molecular weight excluding hydrogens is 148 g/mol. The van der Waals surface area contributed by atoms with E-state index in [-0.39, 0.29) is 0 Å². The van der Waals surface area contributed by atoms with Crippen LogP contribution in [0.2, 0.25) is 0 Å². The molecule has 0 saturated heterocycles. The highest BCUT2D eigenvalue weighted by Crippen LogP contribution is 2.15. The molecule has 0 spiro atoms. The van der Waals surface area contributed by atoms with Gasteiger partial charge in [0.05, 0.1) is 0 Å². The Morgan fingerprint density at radius 2 is 1.83 bits per heavy atom. The minimum atomic E-state index is 0.554. The summed E-state index contributed by atoms with van der Waals surface area (Å²) >= 11 is 0. The van der Waals surface area contributed by atoms with Gasteiger partial charge < -0.3 is 4.79 Å². The fourth-order valence-corrected chi connectivity index (χ4v) is 1.32. The molecule has 0 aromatic heterocycles. The molecule has 0 aromatic rings. The standard InChI is InChI=1S/C11H20O/c1-9(2)7-11(5-6-12)8-10(3)4/h6-7,9-10H,5,8H2,1-4H3/b11-7-. The largest absolute Gasteiger partial charge is 0.303 e. The summed E-state index contributed by atoms with van der Waals surface area (Å²) < 4.78 is 0. The van der Waals surface area contributed by atoms with E-state index in [0.717, 1.165) is 12.7 Å². The first-order chi connectivity index (χ1) is 5.56. The van der Waals surface area contributed by atoms with E-state index in [1.54, 1.807) is 0 Å². The zero-order chi connectivity index (χ0) is 9.56. The first kappa shape index (κ1) is 11.4. The Hall–Kier alpha value is -0.590. The molecule has 0 amide bonds. The Morgan fingerprint density at radius 3 is 2.17 bits per heavy atom. The van der Waals surface area contributed by atoms with Crippen molar-refractivity contribution in [2.75, 3.05) is 0 Å². The lowest BCUT2D eigenvalue weighted by Gasteiger charge is -2.08. The minimum absolute atomic E-state index is 0.554. The predicted molar refractivity (Wildman–Crippen MR) is 53.1 cm³/mol. The molecule has 1 heteroatoms. The van der Waals surface area contributed by atoms with Gasteiger partial charge in [-0.25, -0.2) is 0 Å². The van der Waals surface area contributed by atoms with E-state index in [9.17, 15) is 4.79 Å². The Kier molecular flexibility index (Phi) is 5.69. The van der Waals surface area contributed by atoms with Crippen LogP contribution in [0, 0.1) is 11.8 Å². The summed E-state index contributed by atoms with van der Waals surface area (Å²) in [6.45, 7) is 8.65. The first-order valence-electron chi connectivity index (χ1n) is 4.69. The van der Waals surface area contributed by atoms with Crippen molar-refractivity contribution in [3.8, 4) is 0 Å². The van der Waals surface area contributed by atoms with Gasteiger partial charge in [0.1, 0.15) is 6.29 Å². The first-order valence-corrected chi connectivity index (χ1v) is 4.69. The van der Waals surface area contributed by atoms with Crippen LogP contribution in [-0.2, 0) is 4.79 Å². The summed E-state index contributed by atoms with van der Waals surface area (Å²) in [5, 5.41) is 0. The van der Waals surface area contributed by atoms with Crippen molar-refractivity contribution >= 4 is 6.29 Å². The van der Waals surface area contributed by atoms with Crippen molar-refractivity contribution in [2.24, 2.45) is 11.8 Å². The lowest BCUT2D eigenvalue weighted by atomic mass is 9.98. The van der Waals surface area contributed by atoms with Gasteiger partial charge in [-0.05, 0) is 18.3 Å². The highest BCUT2D eigenvalue weighted by Gasteiger charge is 2.01. The van der Waals surface area contributed by atoms with Crippen LogP contribution in [0.5, 0.6) is 0 Å². The van der Waals surface area contributed by atoms with Crippen LogP contribution in [0.1, 0.15) is 40.5 Å². The summed E-state index contributed by atoms with van der Waals surface area (Å²) in [7, 11) is 0. The van der Waals surface area contributed by atoms with E-state index >= 15 is 0 Å². The number of carbonyl (C=O) groups excluding carboxylic acids is 1. The molecule has 0 radical (unpaired) electrons. The molecule has 0 aliphatic heterocycles. The third-order valence-corrected chi connectivity index (χ3v) is 1.58. The summed E-state index contributed by atoms with van der Waals surface area (Å²) in [5.74, 6) is 1.20.